The molecule has 7 nitrogen and oxygen atoms in total. The number of rotatable bonds is 9. The van der Waals surface area contributed by atoms with Crippen LogP contribution < -0.4 is 14.2 Å². The minimum Gasteiger partial charge on any atom is -0.490 e. The van der Waals surface area contributed by atoms with Gasteiger partial charge in [-0.3, -0.25) is 5.10 Å². The maximum atomic E-state index is 5.96. The molecule has 0 saturated heterocycles. The van der Waals surface area contributed by atoms with Crippen LogP contribution in [-0.2, 0) is 0 Å². The fourth-order valence-electron chi connectivity index (χ4n) is 4.19. The Labute approximate surface area is 204 Å². The van der Waals surface area contributed by atoms with E-state index in [-0.39, 0.29) is 0 Å². The summed E-state index contributed by atoms with van der Waals surface area (Å²) in [6, 6.07) is 22.0. The van der Waals surface area contributed by atoms with Crippen LogP contribution in [0.5, 0.6) is 17.2 Å². The zero-order chi connectivity index (χ0) is 24.2. The first kappa shape index (κ1) is 22.5. The molecule has 0 aliphatic rings. The zero-order valence-electron chi connectivity index (χ0n) is 20.1. The highest BCUT2D eigenvalue weighted by atomic mass is 16.5. The standard InChI is InChI=1S/C28H28N4O3/c1-4-33-22-16-19(17-23(34-5-2)27(22)35-6-3)26-24(25(31-32-26)18-12-8-7-9-13-18)28-29-20-14-10-11-15-21(20)30-28/h7-17H,4-6H2,1-3H3,(H,29,30)(H,31,32). The molecule has 0 spiro atoms. The minimum absolute atomic E-state index is 0.501. The molecule has 35 heavy (non-hydrogen) atoms. The number of imidazole rings is 1. The van der Waals surface area contributed by atoms with E-state index in [1.807, 2.05) is 75.4 Å². The van der Waals surface area contributed by atoms with Crippen molar-refractivity contribution in [1.29, 1.82) is 0 Å². The van der Waals surface area contributed by atoms with Gasteiger partial charge in [-0.15, -0.1) is 0 Å². The Hall–Kier alpha value is -4.26. The van der Waals surface area contributed by atoms with Crippen LogP contribution in [0.15, 0.2) is 66.7 Å². The lowest BCUT2D eigenvalue weighted by Crippen LogP contribution is -2.03. The van der Waals surface area contributed by atoms with Gasteiger partial charge < -0.3 is 19.2 Å². The average molecular weight is 469 g/mol. The Morgan fingerprint density at radius 2 is 1.40 bits per heavy atom. The van der Waals surface area contributed by atoms with Crippen molar-refractivity contribution in [3.8, 4) is 51.2 Å². The molecule has 0 aliphatic carbocycles. The van der Waals surface area contributed by atoms with E-state index in [1.165, 1.54) is 0 Å². The van der Waals surface area contributed by atoms with E-state index in [1.54, 1.807) is 0 Å². The summed E-state index contributed by atoms with van der Waals surface area (Å²) in [6.07, 6.45) is 0. The van der Waals surface area contributed by atoms with Crippen molar-refractivity contribution in [1.82, 2.24) is 20.2 Å². The second kappa shape index (κ2) is 9.93. The van der Waals surface area contributed by atoms with Crippen LogP contribution in [-0.4, -0.2) is 40.0 Å². The SMILES string of the molecule is CCOc1cc(-c2n[nH]c(-c3ccccc3)c2-c2nc3ccccc3[nH]2)cc(OCC)c1OCC. The number of benzene rings is 3. The summed E-state index contributed by atoms with van der Waals surface area (Å²) in [7, 11) is 0. The predicted octanol–water partition coefficient (Wildman–Crippen LogP) is 6.48. The maximum Gasteiger partial charge on any atom is 0.203 e. The maximum absolute atomic E-state index is 5.96. The van der Waals surface area contributed by atoms with E-state index < -0.39 is 0 Å². The fourth-order valence-corrected chi connectivity index (χ4v) is 4.19. The molecule has 0 unspecified atom stereocenters. The summed E-state index contributed by atoms with van der Waals surface area (Å²) in [4.78, 5) is 8.36. The Morgan fingerprint density at radius 1 is 0.743 bits per heavy atom. The van der Waals surface area contributed by atoms with E-state index >= 15 is 0 Å². The average Bonchev–Trinajstić information content (AvgIpc) is 3.51. The van der Waals surface area contributed by atoms with Gasteiger partial charge in [-0.2, -0.15) is 5.10 Å². The van der Waals surface area contributed by atoms with Crippen LogP contribution in [0, 0.1) is 0 Å². The number of nitrogens with one attached hydrogen (secondary N) is 2. The number of H-pyrrole nitrogens is 2. The summed E-state index contributed by atoms with van der Waals surface area (Å²) in [5.74, 6) is 2.58. The van der Waals surface area contributed by atoms with Crippen molar-refractivity contribution in [3.63, 3.8) is 0 Å². The van der Waals surface area contributed by atoms with E-state index in [2.05, 4.69) is 22.2 Å². The number of fused-ring (bicyclic) bond motifs is 1. The molecule has 0 radical (unpaired) electrons. The number of para-hydroxylation sites is 2. The third kappa shape index (κ3) is 4.33. The Balaban J connectivity index is 1.75. The third-order valence-corrected chi connectivity index (χ3v) is 5.64. The lowest BCUT2D eigenvalue weighted by molar-refractivity contribution is 0.261. The van der Waals surface area contributed by atoms with Gasteiger partial charge in [0.05, 0.1) is 42.1 Å². The minimum atomic E-state index is 0.501. The number of ether oxygens (including phenoxy) is 3. The van der Waals surface area contributed by atoms with Crippen molar-refractivity contribution in [2.45, 2.75) is 20.8 Å². The van der Waals surface area contributed by atoms with Crippen LogP contribution in [0.4, 0.5) is 0 Å². The Morgan fingerprint density at radius 3 is 2.06 bits per heavy atom. The molecule has 178 valence electrons. The van der Waals surface area contributed by atoms with Gasteiger partial charge in [-0.25, -0.2) is 4.98 Å². The summed E-state index contributed by atoms with van der Waals surface area (Å²) >= 11 is 0. The van der Waals surface area contributed by atoms with E-state index in [4.69, 9.17) is 24.3 Å². The van der Waals surface area contributed by atoms with Gasteiger partial charge >= 0.3 is 0 Å². The first-order valence-corrected chi connectivity index (χ1v) is 11.9. The molecular formula is C28H28N4O3. The smallest absolute Gasteiger partial charge is 0.203 e. The lowest BCUT2D eigenvalue weighted by atomic mass is 10.0. The van der Waals surface area contributed by atoms with E-state index in [9.17, 15) is 0 Å². The molecule has 7 heteroatoms. The lowest BCUT2D eigenvalue weighted by Gasteiger charge is -2.17. The molecule has 3 aromatic carbocycles. The van der Waals surface area contributed by atoms with Crippen molar-refractivity contribution in [2.24, 2.45) is 0 Å². The molecule has 5 aromatic rings. The third-order valence-electron chi connectivity index (χ3n) is 5.64. The topological polar surface area (TPSA) is 85.1 Å². The van der Waals surface area contributed by atoms with Gasteiger partial charge in [0.1, 0.15) is 11.5 Å². The van der Waals surface area contributed by atoms with E-state index in [0.29, 0.717) is 37.1 Å². The molecule has 2 N–H and O–H groups in total. The van der Waals surface area contributed by atoms with Gasteiger partial charge in [0.2, 0.25) is 5.75 Å². The highest BCUT2D eigenvalue weighted by Gasteiger charge is 2.24. The number of hydrogen-bond acceptors (Lipinski definition) is 5. The molecule has 0 fully saturated rings. The Bertz CT molecular complexity index is 1380. The van der Waals surface area contributed by atoms with E-state index in [0.717, 1.165) is 44.9 Å². The molecule has 0 amide bonds. The van der Waals surface area contributed by atoms with Crippen LogP contribution in [0.25, 0.3) is 44.9 Å². The fraction of sp³-hybridized carbons (Fsp3) is 0.214. The summed E-state index contributed by atoms with van der Waals surface area (Å²) in [5, 5.41) is 8.00. The Kier molecular flexibility index (Phi) is 6.39. The highest BCUT2D eigenvalue weighted by molar-refractivity contribution is 5.92. The monoisotopic (exact) mass is 468 g/mol. The van der Waals surface area contributed by atoms with Gasteiger partial charge in [-0.05, 0) is 45.0 Å². The summed E-state index contributed by atoms with van der Waals surface area (Å²) < 4.78 is 17.8. The molecular weight excluding hydrogens is 440 g/mol. The highest BCUT2D eigenvalue weighted by Crippen LogP contribution is 2.45. The number of nitrogens with zero attached hydrogens (tertiary/aromatic N) is 2. The molecule has 0 aliphatic heterocycles. The summed E-state index contributed by atoms with van der Waals surface area (Å²) in [6.45, 7) is 7.35. The van der Waals surface area contributed by atoms with Crippen LogP contribution in [0.1, 0.15) is 20.8 Å². The number of aromatic amines is 2. The zero-order valence-corrected chi connectivity index (χ0v) is 20.1. The molecule has 0 saturated carbocycles. The van der Waals surface area contributed by atoms with Crippen molar-refractivity contribution < 1.29 is 14.2 Å². The largest absolute Gasteiger partial charge is 0.490 e. The summed E-state index contributed by atoms with van der Waals surface area (Å²) in [5.41, 5.74) is 6.21. The van der Waals surface area contributed by atoms with Crippen LogP contribution in [0.2, 0.25) is 0 Å². The van der Waals surface area contributed by atoms with Crippen LogP contribution >= 0.6 is 0 Å². The first-order chi connectivity index (χ1) is 17.2. The molecule has 5 rings (SSSR count). The molecule has 0 bridgehead atoms. The predicted molar refractivity (Wildman–Crippen MR) is 138 cm³/mol. The van der Waals surface area contributed by atoms with Crippen molar-refractivity contribution >= 4 is 11.0 Å². The van der Waals surface area contributed by atoms with Gasteiger partial charge in [0.15, 0.2) is 11.5 Å². The first-order valence-electron chi connectivity index (χ1n) is 11.9. The molecule has 0 atom stereocenters. The number of aromatic nitrogens is 4. The second-order valence-corrected chi connectivity index (χ2v) is 7.89. The van der Waals surface area contributed by atoms with Gasteiger partial charge in [0, 0.05) is 11.1 Å². The second-order valence-electron chi connectivity index (χ2n) is 7.89. The van der Waals surface area contributed by atoms with Crippen LogP contribution in [0.3, 0.4) is 0 Å². The number of hydrogen-bond donors (Lipinski definition) is 2. The van der Waals surface area contributed by atoms with Crippen molar-refractivity contribution in [3.05, 3.63) is 66.7 Å². The van der Waals surface area contributed by atoms with Gasteiger partial charge in [0.25, 0.3) is 0 Å². The quantitative estimate of drug-likeness (QED) is 0.258. The van der Waals surface area contributed by atoms with Crippen molar-refractivity contribution in [2.75, 3.05) is 19.8 Å². The molecule has 2 heterocycles. The van der Waals surface area contributed by atoms with Gasteiger partial charge in [-0.1, -0.05) is 42.5 Å². The molecule has 2 aromatic heterocycles. The normalized spacial score (nSPS) is 11.1.